The van der Waals surface area contributed by atoms with E-state index in [0.717, 1.165) is 18.4 Å². The smallest absolute Gasteiger partial charge is 0.407 e. The Balaban J connectivity index is 1.82. The number of alkyl carbamates (subject to hydrolysis) is 1. The average molecular weight is 278 g/mol. The minimum atomic E-state index is -0.772. The molecule has 2 atom stereocenters. The van der Waals surface area contributed by atoms with Crippen molar-refractivity contribution in [2.75, 3.05) is 0 Å². The molecule has 20 heavy (non-hydrogen) atoms. The van der Waals surface area contributed by atoms with Gasteiger partial charge in [-0.2, -0.15) is 0 Å². The van der Waals surface area contributed by atoms with E-state index in [2.05, 4.69) is 5.32 Å². The van der Waals surface area contributed by atoms with Gasteiger partial charge in [0.15, 0.2) is 6.10 Å². The molecule has 1 aromatic carbocycles. The van der Waals surface area contributed by atoms with Gasteiger partial charge >= 0.3 is 6.09 Å². The lowest BCUT2D eigenvalue weighted by molar-refractivity contribution is -0.537. The second kappa shape index (κ2) is 6.88. The van der Waals surface area contributed by atoms with Gasteiger partial charge < -0.3 is 10.1 Å². The fourth-order valence-electron chi connectivity index (χ4n) is 2.41. The van der Waals surface area contributed by atoms with E-state index in [1.807, 2.05) is 30.3 Å². The van der Waals surface area contributed by atoms with Crippen LogP contribution in [0.2, 0.25) is 0 Å². The normalized spacial score (nSPS) is 22.0. The number of rotatable bonds is 4. The predicted molar refractivity (Wildman–Crippen MR) is 72.8 cm³/mol. The quantitative estimate of drug-likeness (QED) is 0.677. The number of nitrogens with zero attached hydrogens (tertiary/aromatic N) is 1. The van der Waals surface area contributed by atoms with Crippen molar-refractivity contribution in [2.24, 2.45) is 0 Å². The van der Waals surface area contributed by atoms with E-state index in [0.29, 0.717) is 19.4 Å². The first-order chi connectivity index (χ1) is 9.66. The predicted octanol–water partition coefficient (Wildman–Crippen LogP) is 2.50. The molecule has 1 amide bonds. The van der Waals surface area contributed by atoms with Crippen LogP contribution in [0.25, 0.3) is 0 Å². The number of nitrogens with one attached hydrogen (secondary N) is 1. The van der Waals surface area contributed by atoms with Crippen LogP contribution >= 0.6 is 0 Å². The second-order valence-corrected chi connectivity index (χ2v) is 4.92. The standard InChI is InChI=1S/C14H18N2O4/c17-14(15-10-11-6-2-1-3-7-11)20-13-9-5-4-8-12(13)16(18)19/h1-3,6-7,12-13H,4-5,8-10H2,(H,15,17). The lowest BCUT2D eigenvalue weighted by Crippen LogP contribution is -2.41. The number of carbonyl (C=O) groups is 1. The maximum Gasteiger partial charge on any atom is 0.407 e. The van der Waals surface area contributed by atoms with E-state index < -0.39 is 18.2 Å². The fourth-order valence-corrected chi connectivity index (χ4v) is 2.41. The molecule has 0 heterocycles. The number of ether oxygens (including phenoxy) is 1. The van der Waals surface area contributed by atoms with Crippen LogP contribution in [0, 0.1) is 10.1 Å². The van der Waals surface area contributed by atoms with Crippen molar-refractivity contribution in [1.82, 2.24) is 5.32 Å². The van der Waals surface area contributed by atoms with E-state index in [4.69, 9.17) is 4.74 Å². The maximum atomic E-state index is 11.7. The van der Waals surface area contributed by atoms with Gasteiger partial charge in [0.1, 0.15) is 0 Å². The summed E-state index contributed by atoms with van der Waals surface area (Å²) in [5.41, 5.74) is 0.957. The summed E-state index contributed by atoms with van der Waals surface area (Å²) in [5, 5.41) is 13.5. The SMILES string of the molecule is O=C(NCc1ccccc1)OC1CCCCC1[N+](=O)[O-]. The highest BCUT2D eigenvalue weighted by Crippen LogP contribution is 2.23. The second-order valence-electron chi connectivity index (χ2n) is 4.92. The number of hydrogen-bond acceptors (Lipinski definition) is 4. The largest absolute Gasteiger partial charge is 0.439 e. The minimum Gasteiger partial charge on any atom is -0.439 e. The minimum absolute atomic E-state index is 0.339. The Labute approximate surface area is 117 Å². The van der Waals surface area contributed by atoms with Crippen LogP contribution in [0.3, 0.4) is 0 Å². The Morgan fingerprint density at radius 2 is 2.00 bits per heavy atom. The molecule has 1 saturated carbocycles. The van der Waals surface area contributed by atoms with Gasteiger partial charge in [0.2, 0.25) is 6.04 Å². The third-order valence-electron chi connectivity index (χ3n) is 3.48. The van der Waals surface area contributed by atoms with Crippen LogP contribution in [-0.4, -0.2) is 23.2 Å². The molecule has 1 aliphatic carbocycles. The van der Waals surface area contributed by atoms with Crippen molar-refractivity contribution in [2.45, 2.75) is 44.4 Å². The van der Waals surface area contributed by atoms with Crippen molar-refractivity contribution < 1.29 is 14.5 Å². The van der Waals surface area contributed by atoms with Crippen LogP contribution < -0.4 is 5.32 Å². The Bertz CT molecular complexity index is 464. The summed E-state index contributed by atoms with van der Waals surface area (Å²) in [7, 11) is 0. The first-order valence-electron chi connectivity index (χ1n) is 6.78. The summed E-state index contributed by atoms with van der Waals surface area (Å²) < 4.78 is 5.20. The molecule has 1 aliphatic rings. The first-order valence-corrected chi connectivity index (χ1v) is 6.78. The van der Waals surface area contributed by atoms with Crippen molar-refractivity contribution in [1.29, 1.82) is 0 Å². The zero-order valence-electron chi connectivity index (χ0n) is 11.2. The van der Waals surface area contributed by atoms with Crippen molar-refractivity contribution in [3.05, 3.63) is 46.0 Å². The van der Waals surface area contributed by atoms with Crippen LogP contribution in [0.5, 0.6) is 0 Å². The maximum absolute atomic E-state index is 11.7. The number of nitro groups is 1. The highest BCUT2D eigenvalue weighted by atomic mass is 16.6. The number of amides is 1. The Hall–Kier alpha value is -2.11. The molecular formula is C14H18N2O4. The molecule has 0 aliphatic heterocycles. The molecule has 6 nitrogen and oxygen atoms in total. The molecule has 1 aromatic rings. The summed E-state index contributed by atoms with van der Waals surface area (Å²) in [6.45, 7) is 0.357. The lowest BCUT2D eigenvalue weighted by Gasteiger charge is -2.25. The van der Waals surface area contributed by atoms with Gasteiger partial charge in [-0.1, -0.05) is 30.3 Å². The van der Waals surface area contributed by atoms with E-state index >= 15 is 0 Å². The average Bonchev–Trinajstić information content (AvgIpc) is 2.46. The van der Waals surface area contributed by atoms with Gasteiger partial charge in [0, 0.05) is 17.9 Å². The van der Waals surface area contributed by atoms with E-state index in [1.54, 1.807) is 0 Å². The van der Waals surface area contributed by atoms with E-state index in [1.165, 1.54) is 0 Å². The molecule has 2 rings (SSSR count). The first kappa shape index (κ1) is 14.3. The van der Waals surface area contributed by atoms with Crippen LogP contribution in [-0.2, 0) is 11.3 Å². The zero-order valence-corrected chi connectivity index (χ0v) is 11.2. The highest BCUT2D eigenvalue weighted by molar-refractivity contribution is 5.67. The Kier molecular flexibility index (Phi) is 4.92. The van der Waals surface area contributed by atoms with Crippen LogP contribution in [0.1, 0.15) is 31.2 Å². The molecule has 108 valence electrons. The van der Waals surface area contributed by atoms with Crippen LogP contribution in [0.4, 0.5) is 4.79 Å². The third kappa shape index (κ3) is 3.94. The van der Waals surface area contributed by atoms with Crippen molar-refractivity contribution >= 4 is 6.09 Å². The molecule has 0 spiro atoms. The van der Waals surface area contributed by atoms with Gasteiger partial charge in [-0.25, -0.2) is 4.79 Å². The summed E-state index contributed by atoms with van der Waals surface area (Å²) in [5.74, 6) is 0. The molecule has 0 aromatic heterocycles. The van der Waals surface area contributed by atoms with Gasteiger partial charge in [0.05, 0.1) is 0 Å². The van der Waals surface area contributed by atoms with Gasteiger partial charge in [-0.3, -0.25) is 10.1 Å². The Morgan fingerprint density at radius 1 is 1.30 bits per heavy atom. The summed E-state index contributed by atoms with van der Waals surface area (Å²) >= 11 is 0. The number of carbonyl (C=O) groups excluding carboxylic acids is 1. The molecular weight excluding hydrogens is 260 g/mol. The molecule has 2 unspecified atom stereocenters. The summed E-state index contributed by atoms with van der Waals surface area (Å²) in [6, 6.07) is 8.66. The summed E-state index contributed by atoms with van der Waals surface area (Å²) in [6.07, 6.45) is 1.51. The number of benzene rings is 1. The monoisotopic (exact) mass is 278 g/mol. The molecule has 6 heteroatoms. The van der Waals surface area contributed by atoms with Gasteiger partial charge in [0.25, 0.3) is 0 Å². The third-order valence-corrected chi connectivity index (χ3v) is 3.48. The fraction of sp³-hybridized carbons (Fsp3) is 0.500. The molecule has 0 bridgehead atoms. The summed E-state index contributed by atoms with van der Waals surface area (Å²) in [4.78, 5) is 22.3. The van der Waals surface area contributed by atoms with E-state index in [9.17, 15) is 14.9 Å². The number of hydrogen-bond donors (Lipinski definition) is 1. The molecule has 1 N–H and O–H groups in total. The van der Waals surface area contributed by atoms with E-state index in [-0.39, 0.29) is 4.92 Å². The molecule has 1 fully saturated rings. The van der Waals surface area contributed by atoms with Crippen molar-refractivity contribution in [3.63, 3.8) is 0 Å². The molecule has 0 saturated heterocycles. The van der Waals surface area contributed by atoms with Gasteiger partial charge in [-0.05, 0) is 24.8 Å². The zero-order chi connectivity index (χ0) is 14.4. The highest BCUT2D eigenvalue weighted by Gasteiger charge is 2.36. The van der Waals surface area contributed by atoms with Crippen molar-refractivity contribution in [3.8, 4) is 0 Å². The lowest BCUT2D eigenvalue weighted by atomic mass is 9.93. The van der Waals surface area contributed by atoms with Gasteiger partial charge in [-0.15, -0.1) is 0 Å². The van der Waals surface area contributed by atoms with Crippen LogP contribution in [0.15, 0.2) is 30.3 Å². The topological polar surface area (TPSA) is 81.5 Å². The Morgan fingerprint density at radius 3 is 2.70 bits per heavy atom. The molecule has 0 radical (unpaired) electrons.